The van der Waals surface area contributed by atoms with E-state index in [0.717, 1.165) is 46.5 Å². The van der Waals surface area contributed by atoms with Crippen molar-refractivity contribution in [2.75, 3.05) is 0 Å². The van der Waals surface area contributed by atoms with Gasteiger partial charge in [-0.15, -0.1) is 0 Å². The van der Waals surface area contributed by atoms with E-state index in [1.54, 1.807) is 0 Å². The number of rotatable bonds is 4. The lowest BCUT2D eigenvalue weighted by Gasteiger charge is -2.38. The van der Waals surface area contributed by atoms with Gasteiger partial charge in [-0.05, 0) is 43.2 Å². The molecule has 0 unspecified atom stereocenters. The minimum Gasteiger partial charge on any atom is -0.436 e. The average molecular weight is 381 g/mol. The van der Waals surface area contributed by atoms with Crippen LogP contribution in [0.1, 0.15) is 49.3 Å². The van der Waals surface area contributed by atoms with Crippen LogP contribution in [0.4, 0.5) is 0 Å². The summed E-state index contributed by atoms with van der Waals surface area (Å²) in [4.78, 5) is 9.57. The van der Waals surface area contributed by atoms with E-state index in [-0.39, 0.29) is 5.54 Å². The summed E-state index contributed by atoms with van der Waals surface area (Å²) in [6.07, 6.45) is 7.61. The van der Waals surface area contributed by atoms with Gasteiger partial charge in [0.15, 0.2) is 0 Å². The molecule has 2 aliphatic rings. The zero-order valence-corrected chi connectivity index (χ0v) is 16.3. The lowest BCUT2D eigenvalue weighted by atomic mass is 9.72. The minimum absolute atomic E-state index is 0.156. The highest BCUT2D eigenvalue weighted by Crippen LogP contribution is 2.44. The molecule has 0 spiro atoms. The molecule has 2 aromatic heterocycles. The Labute approximate surface area is 169 Å². The zero-order valence-electron chi connectivity index (χ0n) is 16.3. The fourth-order valence-electron chi connectivity index (χ4n) is 4.34. The molecule has 0 amide bonds. The molecule has 2 saturated carbocycles. The summed E-state index contributed by atoms with van der Waals surface area (Å²) in [5.41, 5.74) is 13.2. The van der Waals surface area contributed by atoms with Crippen molar-refractivity contribution in [1.82, 2.24) is 9.97 Å². The van der Waals surface area contributed by atoms with Crippen molar-refractivity contribution in [2.45, 2.75) is 43.6 Å². The molecular formula is C25H23N3O. The largest absolute Gasteiger partial charge is 0.436 e. The number of nitrogens with zero attached hydrogens (tertiary/aromatic N) is 2. The lowest BCUT2D eigenvalue weighted by Crippen LogP contribution is -2.43. The van der Waals surface area contributed by atoms with Gasteiger partial charge in [-0.1, -0.05) is 54.6 Å². The Morgan fingerprint density at radius 2 is 1.69 bits per heavy atom. The van der Waals surface area contributed by atoms with E-state index in [4.69, 9.17) is 15.1 Å². The third kappa shape index (κ3) is 2.78. The number of fused-ring (bicyclic) bond motifs is 1. The van der Waals surface area contributed by atoms with Crippen molar-refractivity contribution in [2.24, 2.45) is 5.73 Å². The molecule has 4 aromatic rings. The SMILES string of the molecule is NC1(c2ccc(-c3oc4ncc(C5CC5)nc4c3-c3ccccc3)cc2)CCC1. The van der Waals surface area contributed by atoms with E-state index >= 15 is 0 Å². The van der Waals surface area contributed by atoms with Crippen molar-refractivity contribution >= 4 is 11.2 Å². The first kappa shape index (κ1) is 16.9. The van der Waals surface area contributed by atoms with E-state index in [1.807, 2.05) is 24.4 Å². The first-order valence-electron chi connectivity index (χ1n) is 10.5. The summed E-state index contributed by atoms with van der Waals surface area (Å²) >= 11 is 0. The normalized spacial score (nSPS) is 18.0. The van der Waals surface area contributed by atoms with E-state index in [0.29, 0.717) is 11.6 Å². The Kier molecular flexibility index (Phi) is 3.65. The Morgan fingerprint density at radius 1 is 0.931 bits per heavy atom. The van der Waals surface area contributed by atoms with Crippen LogP contribution in [0.5, 0.6) is 0 Å². The van der Waals surface area contributed by atoms with Crippen molar-refractivity contribution in [3.8, 4) is 22.5 Å². The number of aromatic nitrogens is 2. The highest BCUT2D eigenvalue weighted by molar-refractivity contribution is 5.98. The Balaban J connectivity index is 1.52. The number of hydrogen-bond donors (Lipinski definition) is 1. The number of hydrogen-bond acceptors (Lipinski definition) is 4. The van der Waals surface area contributed by atoms with Gasteiger partial charge >= 0.3 is 0 Å². The number of benzene rings is 2. The molecule has 0 saturated heterocycles. The van der Waals surface area contributed by atoms with Crippen LogP contribution in [0.3, 0.4) is 0 Å². The van der Waals surface area contributed by atoms with Crippen LogP contribution in [-0.2, 0) is 5.54 Å². The second-order valence-corrected chi connectivity index (χ2v) is 8.48. The van der Waals surface area contributed by atoms with Crippen LogP contribution in [0.15, 0.2) is 65.2 Å². The third-order valence-corrected chi connectivity index (χ3v) is 6.45. The molecule has 4 heteroatoms. The fourth-order valence-corrected chi connectivity index (χ4v) is 4.34. The Hall–Kier alpha value is -2.98. The van der Waals surface area contributed by atoms with Gasteiger partial charge in [0.25, 0.3) is 0 Å². The summed E-state index contributed by atoms with van der Waals surface area (Å²) in [5.74, 6) is 1.38. The maximum absolute atomic E-state index is 6.50. The molecule has 2 aromatic carbocycles. The van der Waals surface area contributed by atoms with Gasteiger partial charge < -0.3 is 10.2 Å². The van der Waals surface area contributed by atoms with Gasteiger partial charge in [-0.2, -0.15) is 0 Å². The first-order valence-corrected chi connectivity index (χ1v) is 10.5. The highest BCUT2D eigenvalue weighted by Gasteiger charge is 2.34. The molecule has 0 atom stereocenters. The maximum atomic E-state index is 6.50. The van der Waals surface area contributed by atoms with Crippen LogP contribution in [0.25, 0.3) is 33.7 Å². The Morgan fingerprint density at radius 3 is 2.34 bits per heavy atom. The van der Waals surface area contributed by atoms with Crippen molar-refractivity contribution < 1.29 is 4.42 Å². The summed E-state index contributed by atoms with van der Waals surface area (Å²) in [6, 6.07) is 18.9. The predicted octanol–water partition coefficient (Wildman–Crippen LogP) is 5.77. The second kappa shape index (κ2) is 6.26. The number of furan rings is 1. The maximum Gasteiger partial charge on any atom is 0.246 e. The van der Waals surface area contributed by atoms with Gasteiger partial charge in [0.2, 0.25) is 5.71 Å². The fraction of sp³-hybridized carbons (Fsp3) is 0.280. The van der Waals surface area contributed by atoms with Crippen LogP contribution in [0, 0.1) is 0 Å². The van der Waals surface area contributed by atoms with Gasteiger partial charge in [0.1, 0.15) is 11.3 Å². The zero-order chi connectivity index (χ0) is 19.4. The second-order valence-electron chi connectivity index (χ2n) is 8.48. The van der Waals surface area contributed by atoms with E-state index in [2.05, 4.69) is 41.4 Å². The standard InChI is InChI=1S/C25H23N3O/c26-25(13-4-14-25)19-11-9-18(10-12-19)23-21(17-5-2-1-3-6-17)22-24(29-23)27-15-20(28-22)16-7-8-16/h1-3,5-6,9-12,15-16H,4,7-8,13-14,26H2. The minimum atomic E-state index is -0.156. The van der Waals surface area contributed by atoms with Crippen LogP contribution >= 0.6 is 0 Å². The average Bonchev–Trinajstić information content (AvgIpc) is 3.53. The monoisotopic (exact) mass is 381 g/mol. The van der Waals surface area contributed by atoms with Crippen LogP contribution in [0.2, 0.25) is 0 Å². The smallest absolute Gasteiger partial charge is 0.246 e. The molecule has 0 aliphatic heterocycles. The van der Waals surface area contributed by atoms with Gasteiger partial charge in [-0.3, -0.25) is 0 Å². The van der Waals surface area contributed by atoms with Crippen molar-refractivity contribution in [3.63, 3.8) is 0 Å². The van der Waals surface area contributed by atoms with Crippen LogP contribution < -0.4 is 5.73 Å². The van der Waals surface area contributed by atoms with Gasteiger partial charge in [0.05, 0.1) is 17.5 Å². The Bertz CT molecular complexity index is 1190. The third-order valence-electron chi connectivity index (χ3n) is 6.45. The van der Waals surface area contributed by atoms with E-state index in [1.165, 1.54) is 24.8 Å². The number of nitrogens with two attached hydrogens (primary N) is 1. The molecule has 2 fully saturated rings. The van der Waals surface area contributed by atoms with E-state index < -0.39 is 0 Å². The highest BCUT2D eigenvalue weighted by atomic mass is 16.3. The van der Waals surface area contributed by atoms with Gasteiger partial charge in [-0.25, -0.2) is 9.97 Å². The topological polar surface area (TPSA) is 64.9 Å². The van der Waals surface area contributed by atoms with Crippen molar-refractivity contribution in [1.29, 1.82) is 0 Å². The molecule has 2 N–H and O–H groups in total. The molecule has 144 valence electrons. The molecule has 6 rings (SSSR count). The van der Waals surface area contributed by atoms with Crippen LogP contribution in [-0.4, -0.2) is 9.97 Å². The molecule has 4 nitrogen and oxygen atoms in total. The van der Waals surface area contributed by atoms with E-state index in [9.17, 15) is 0 Å². The predicted molar refractivity (Wildman–Crippen MR) is 114 cm³/mol. The quantitative estimate of drug-likeness (QED) is 0.487. The molecule has 2 heterocycles. The molecule has 0 radical (unpaired) electrons. The summed E-state index contributed by atoms with van der Waals surface area (Å²) < 4.78 is 6.26. The molecule has 2 aliphatic carbocycles. The molecule has 0 bridgehead atoms. The first-order chi connectivity index (χ1) is 14.2. The van der Waals surface area contributed by atoms with Gasteiger partial charge in [0, 0.05) is 17.0 Å². The summed E-state index contributed by atoms with van der Waals surface area (Å²) in [7, 11) is 0. The van der Waals surface area contributed by atoms with Crippen molar-refractivity contribution in [3.05, 3.63) is 72.1 Å². The summed E-state index contributed by atoms with van der Waals surface area (Å²) in [6.45, 7) is 0. The lowest BCUT2D eigenvalue weighted by molar-refractivity contribution is 0.253. The molecular weight excluding hydrogens is 358 g/mol. The summed E-state index contributed by atoms with van der Waals surface area (Å²) in [5, 5.41) is 0. The molecule has 29 heavy (non-hydrogen) atoms.